The molecule has 0 heterocycles. The molecule has 0 aromatic carbocycles. The zero-order valence-corrected chi connectivity index (χ0v) is 61.0. The molecule has 4 nitrogen and oxygen atoms in total. The van der Waals surface area contributed by atoms with Crippen LogP contribution in [-0.2, 0) is 9.05 Å². The Morgan fingerprint density at radius 3 is 0.469 bits per heavy atom. The molecule has 0 saturated carbocycles. The average Bonchev–Trinajstić information content (AvgIpc) is 3.46. The van der Waals surface area contributed by atoms with E-state index in [4.69, 9.17) is 9.05 Å². The molecule has 0 rings (SSSR count). The van der Waals surface area contributed by atoms with Gasteiger partial charge in [0.25, 0.3) is 0 Å². The Hall–Kier alpha value is 2.17. The van der Waals surface area contributed by atoms with Crippen molar-refractivity contribution in [2.45, 2.75) is 439 Å². The van der Waals surface area contributed by atoms with Gasteiger partial charge in [-0.3, -0.25) is 0 Å². The second-order valence-electron chi connectivity index (χ2n) is 25.0. The molecule has 81 heavy (non-hydrogen) atoms. The molecule has 0 aliphatic rings. The number of rotatable bonds is 72. The Morgan fingerprint density at radius 2 is 0.321 bits per heavy atom. The summed E-state index contributed by atoms with van der Waals surface area (Å²) in [7, 11) is -3.00. The van der Waals surface area contributed by atoms with Gasteiger partial charge < -0.3 is 18.8 Å². The molecule has 0 aliphatic carbocycles. The summed E-state index contributed by atoms with van der Waals surface area (Å²) < 4.78 is 11.1. The van der Waals surface area contributed by atoms with E-state index in [1.54, 1.807) is 0 Å². The molecular formula is C72H148MgO4P2S2. The fraction of sp³-hybridized carbons (Fsp3) is 1.00. The van der Waals surface area contributed by atoms with E-state index in [1.807, 2.05) is 0 Å². The van der Waals surface area contributed by atoms with Gasteiger partial charge in [-0.1, -0.05) is 413 Å². The van der Waals surface area contributed by atoms with Crippen molar-refractivity contribution in [2.24, 2.45) is 0 Å². The third-order valence-corrected chi connectivity index (χ3v) is 21.9. The molecule has 0 amide bonds. The molecule has 0 bridgehead atoms. The fourth-order valence-electron chi connectivity index (χ4n) is 11.2. The number of hydrogen-bond acceptors (Lipinski definition) is 6. The van der Waals surface area contributed by atoms with E-state index in [0.29, 0.717) is 13.2 Å². The summed E-state index contributed by atoms with van der Waals surface area (Å²) in [6.45, 7) is 10.5. The molecule has 0 saturated heterocycles. The van der Waals surface area contributed by atoms with Crippen molar-refractivity contribution < 1.29 is 18.8 Å². The topological polar surface area (TPSA) is 64.6 Å². The molecule has 0 aromatic heterocycles. The minimum atomic E-state index is -1.50. The Kier molecular flexibility index (Phi) is 90.9. The van der Waals surface area contributed by atoms with Crippen molar-refractivity contribution >= 4 is 61.0 Å². The Bertz CT molecular complexity index is 884. The molecule has 0 spiro atoms. The van der Waals surface area contributed by atoms with Gasteiger partial charge in [0.05, 0.1) is 13.2 Å². The van der Waals surface area contributed by atoms with Gasteiger partial charge >= 0.3 is 23.1 Å². The summed E-state index contributed by atoms with van der Waals surface area (Å²) in [6, 6.07) is 0. The standard InChI is InChI=1S/2C36H74O2PS.Mg/c2*1-3-5-7-9-11-13-15-17-19-21-23-25-27-29-31-33-35-38-39(37)40-36-34-32-30-28-26-24-22-20-18-16-14-12-10-8-6-4-2;/h2*3-36H2,1-2H3;/q2*-1;+2. The molecule has 0 radical (unpaired) electrons. The van der Waals surface area contributed by atoms with E-state index in [9.17, 15) is 9.79 Å². The van der Waals surface area contributed by atoms with Gasteiger partial charge in [-0.15, -0.1) is 22.8 Å². The summed E-state index contributed by atoms with van der Waals surface area (Å²) in [5, 5.41) is 0. The van der Waals surface area contributed by atoms with E-state index >= 15 is 0 Å². The van der Waals surface area contributed by atoms with Gasteiger partial charge in [-0.25, -0.2) is 0 Å². The summed E-state index contributed by atoms with van der Waals surface area (Å²) in [4.78, 5) is 24.1. The predicted octanol–water partition coefficient (Wildman–Crippen LogP) is 27.3. The minimum absolute atomic E-state index is 0. The first kappa shape index (κ1) is 87.4. The van der Waals surface area contributed by atoms with Gasteiger partial charge in [0.2, 0.25) is 0 Å². The molecule has 9 heteroatoms. The summed E-state index contributed by atoms with van der Waals surface area (Å²) in [6.07, 6.45) is 89.0. The minimum Gasteiger partial charge on any atom is -0.800 e. The van der Waals surface area contributed by atoms with Crippen LogP contribution in [0.3, 0.4) is 0 Å². The first-order chi connectivity index (χ1) is 39.6. The second kappa shape index (κ2) is 84.2. The van der Waals surface area contributed by atoms with E-state index in [0.717, 1.165) is 24.3 Å². The van der Waals surface area contributed by atoms with Crippen molar-refractivity contribution in [3.63, 3.8) is 0 Å². The molecule has 0 aliphatic heterocycles. The fourth-order valence-corrected chi connectivity index (χ4v) is 15.5. The first-order valence-corrected chi connectivity index (χ1v) is 42.6. The van der Waals surface area contributed by atoms with Crippen LogP contribution in [0.4, 0.5) is 0 Å². The van der Waals surface area contributed by atoms with E-state index in [1.165, 1.54) is 421 Å². The first-order valence-electron chi connectivity index (χ1n) is 37.1. The predicted molar refractivity (Wildman–Crippen MR) is 375 cm³/mol. The van der Waals surface area contributed by atoms with E-state index < -0.39 is 15.2 Å². The quantitative estimate of drug-likeness (QED) is 0.0343. The SMILES string of the molecule is CCCCCCCCCCCCCCCCCCOP([O-])SCCCCCCCCCCCCCCCCCC.CCCCCCCCCCCCCCCCCCOP([O-])SCCCCCCCCCCCCCCCCCC.[Mg+2]. The summed E-state index contributed by atoms with van der Waals surface area (Å²) in [5.41, 5.74) is 0. The van der Waals surface area contributed by atoms with E-state index in [-0.39, 0.29) is 23.1 Å². The van der Waals surface area contributed by atoms with Crippen LogP contribution in [0.25, 0.3) is 0 Å². The van der Waals surface area contributed by atoms with E-state index in [2.05, 4.69) is 27.7 Å². The largest absolute Gasteiger partial charge is 2.00 e. The van der Waals surface area contributed by atoms with Crippen LogP contribution in [-0.4, -0.2) is 47.8 Å². The zero-order chi connectivity index (χ0) is 58.1. The maximum atomic E-state index is 12.1. The molecule has 0 N–H and O–H groups in total. The molecule has 2 atom stereocenters. The van der Waals surface area contributed by atoms with Crippen molar-refractivity contribution in [1.29, 1.82) is 0 Å². The Labute approximate surface area is 539 Å². The average molecular weight is 1230 g/mol. The molecule has 2 unspecified atom stereocenters. The monoisotopic (exact) mass is 1230 g/mol. The third-order valence-electron chi connectivity index (χ3n) is 16.8. The molecular weight excluding hydrogens is 1080 g/mol. The van der Waals surface area contributed by atoms with Crippen molar-refractivity contribution in [3.8, 4) is 0 Å². The van der Waals surface area contributed by atoms with Crippen molar-refractivity contribution in [1.82, 2.24) is 0 Å². The number of hydrogen-bond donors (Lipinski definition) is 0. The van der Waals surface area contributed by atoms with Crippen LogP contribution in [0.2, 0.25) is 0 Å². The maximum absolute atomic E-state index is 12.1. The second-order valence-corrected chi connectivity index (χ2v) is 31.1. The van der Waals surface area contributed by atoms with Crippen LogP contribution in [0.5, 0.6) is 0 Å². The van der Waals surface area contributed by atoms with Gasteiger partial charge in [0.15, 0.2) is 0 Å². The van der Waals surface area contributed by atoms with Gasteiger partial charge in [-0.2, -0.15) is 0 Å². The van der Waals surface area contributed by atoms with Crippen LogP contribution in [0.1, 0.15) is 439 Å². The molecule has 0 fully saturated rings. The van der Waals surface area contributed by atoms with Crippen LogP contribution >= 0.6 is 37.9 Å². The zero-order valence-electron chi connectivity index (χ0n) is 56.1. The Balaban J connectivity index is -0.00000148. The third kappa shape index (κ3) is 86.4. The summed E-state index contributed by atoms with van der Waals surface area (Å²) >= 11 is 3.08. The maximum Gasteiger partial charge on any atom is 2.00 e. The van der Waals surface area contributed by atoms with Gasteiger partial charge in [0, 0.05) is 15.2 Å². The van der Waals surface area contributed by atoms with Crippen molar-refractivity contribution in [3.05, 3.63) is 0 Å². The normalized spacial score (nSPS) is 12.2. The molecule has 484 valence electrons. The number of unbranched alkanes of at least 4 members (excludes halogenated alkanes) is 60. The van der Waals surface area contributed by atoms with Gasteiger partial charge in [-0.05, 0) is 37.2 Å². The Morgan fingerprint density at radius 1 is 0.198 bits per heavy atom. The summed E-state index contributed by atoms with van der Waals surface area (Å²) in [5.74, 6) is 1.99. The van der Waals surface area contributed by atoms with Crippen LogP contribution < -0.4 is 9.79 Å². The van der Waals surface area contributed by atoms with Crippen molar-refractivity contribution in [2.75, 3.05) is 24.7 Å². The molecule has 0 aromatic rings. The smallest absolute Gasteiger partial charge is 0.800 e. The van der Waals surface area contributed by atoms with Crippen LogP contribution in [0.15, 0.2) is 0 Å². The van der Waals surface area contributed by atoms with Crippen LogP contribution in [0, 0.1) is 0 Å². The van der Waals surface area contributed by atoms with Gasteiger partial charge in [0.1, 0.15) is 0 Å².